The number of aromatic hydroxyl groups is 1. The molecule has 2 rings (SSSR count). The minimum absolute atomic E-state index is 0.155. The van der Waals surface area contributed by atoms with Crippen molar-refractivity contribution in [3.05, 3.63) is 40.2 Å². The molecule has 0 atom stereocenters. The number of phenols is 1. The quantitative estimate of drug-likeness (QED) is 0.694. The molecule has 0 unspecified atom stereocenters. The maximum atomic E-state index is 11.0. The maximum Gasteiger partial charge on any atom is 0.248 e. The monoisotopic (exact) mass is 205 g/mol. The average Bonchev–Trinajstić information content (AvgIpc) is 2.19. The van der Waals surface area contributed by atoms with Crippen molar-refractivity contribution in [2.24, 2.45) is 0 Å². The van der Waals surface area contributed by atoms with Crippen LogP contribution >= 0.6 is 0 Å². The van der Waals surface area contributed by atoms with E-state index < -0.39 is 0 Å². The molecule has 0 saturated heterocycles. The first-order valence-electron chi connectivity index (χ1n) is 4.99. The number of aromatic amines is 1. The van der Waals surface area contributed by atoms with E-state index in [2.05, 4.69) is 4.98 Å². The van der Waals surface area contributed by atoms with Crippen LogP contribution in [0, 0.1) is 6.92 Å². The second-order valence-electron chi connectivity index (χ2n) is 3.05. The van der Waals surface area contributed by atoms with Gasteiger partial charge in [-0.15, -0.1) is 0 Å². The van der Waals surface area contributed by atoms with E-state index in [0.717, 1.165) is 10.9 Å². The Labute approximate surface area is 88.4 Å². The van der Waals surface area contributed by atoms with Gasteiger partial charge in [0.15, 0.2) is 0 Å². The van der Waals surface area contributed by atoms with Crippen LogP contribution < -0.4 is 5.56 Å². The van der Waals surface area contributed by atoms with E-state index in [9.17, 15) is 9.90 Å². The Morgan fingerprint density at radius 1 is 1.20 bits per heavy atom. The van der Waals surface area contributed by atoms with Crippen molar-refractivity contribution in [3.8, 4) is 5.75 Å². The van der Waals surface area contributed by atoms with E-state index >= 15 is 0 Å². The van der Waals surface area contributed by atoms with Gasteiger partial charge in [0.2, 0.25) is 5.56 Å². The minimum atomic E-state index is -0.155. The zero-order chi connectivity index (χ0) is 11.4. The molecule has 0 spiro atoms. The van der Waals surface area contributed by atoms with Crippen molar-refractivity contribution >= 4 is 10.9 Å². The standard InChI is InChI=1S/C10H9NO2.C2H6/c1-6-4-7(12)5-9-8(6)2-3-10(13)11-9;1-2/h2-5,12H,1H3,(H,11,13);1-2H3. The molecule has 3 nitrogen and oxygen atoms in total. The lowest BCUT2D eigenvalue weighted by Gasteiger charge is -2.01. The van der Waals surface area contributed by atoms with Crippen molar-refractivity contribution in [3.63, 3.8) is 0 Å². The molecule has 0 radical (unpaired) electrons. The molecule has 0 aliphatic rings. The molecule has 1 aromatic heterocycles. The van der Waals surface area contributed by atoms with Gasteiger partial charge in [0, 0.05) is 17.5 Å². The van der Waals surface area contributed by atoms with E-state index in [1.807, 2.05) is 20.8 Å². The van der Waals surface area contributed by atoms with Gasteiger partial charge in [0.25, 0.3) is 0 Å². The van der Waals surface area contributed by atoms with Crippen molar-refractivity contribution in [1.82, 2.24) is 4.98 Å². The summed E-state index contributed by atoms with van der Waals surface area (Å²) in [6.45, 7) is 5.89. The fourth-order valence-corrected chi connectivity index (χ4v) is 1.44. The third-order valence-electron chi connectivity index (χ3n) is 2.03. The lowest BCUT2D eigenvalue weighted by Crippen LogP contribution is -2.02. The zero-order valence-corrected chi connectivity index (χ0v) is 9.16. The highest BCUT2D eigenvalue weighted by Crippen LogP contribution is 2.20. The molecule has 2 N–H and O–H groups in total. The predicted octanol–water partition coefficient (Wildman–Crippen LogP) is 2.57. The molecule has 1 heterocycles. The summed E-state index contributed by atoms with van der Waals surface area (Å²) in [5.74, 6) is 0.173. The van der Waals surface area contributed by atoms with Crippen molar-refractivity contribution in [2.75, 3.05) is 0 Å². The average molecular weight is 205 g/mol. The van der Waals surface area contributed by atoms with Crippen LogP contribution in [0.3, 0.4) is 0 Å². The number of phenolic OH excluding ortho intramolecular Hbond substituents is 1. The largest absolute Gasteiger partial charge is 0.508 e. The van der Waals surface area contributed by atoms with Gasteiger partial charge < -0.3 is 10.1 Å². The number of nitrogens with one attached hydrogen (secondary N) is 1. The van der Waals surface area contributed by atoms with Crippen LogP contribution in [0.4, 0.5) is 0 Å². The topological polar surface area (TPSA) is 53.1 Å². The summed E-state index contributed by atoms with van der Waals surface area (Å²) < 4.78 is 0. The van der Waals surface area contributed by atoms with Crippen molar-refractivity contribution in [1.29, 1.82) is 0 Å². The Morgan fingerprint density at radius 2 is 1.87 bits per heavy atom. The summed E-state index contributed by atoms with van der Waals surface area (Å²) in [7, 11) is 0. The lowest BCUT2D eigenvalue weighted by molar-refractivity contribution is 0.475. The Balaban J connectivity index is 0.000000531. The number of fused-ring (bicyclic) bond motifs is 1. The second kappa shape index (κ2) is 4.64. The fourth-order valence-electron chi connectivity index (χ4n) is 1.44. The molecule has 3 heteroatoms. The minimum Gasteiger partial charge on any atom is -0.508 e. The Morgan fingerprint density at radius 3 is 2.53 bits per heavy atom. The number of H-pyrrole nitrogens is 1. The number of hydrogen-bond donors (Lipinski definition) is 2. The number of rotatable bonds is 0. The molecule has 0 aliphatic heterocycles. The van der Waals surface area contributed by atoms with Gasteiger partial charge in [-0.1, -0.05) is 13.8 Å². The molecular weight excluding hydrogens is 190 g/mol. The highest BCUT2D eigenvalue weighted by molar-refractivity contribution is 5.83. The molecule has 80 valence electrons. The van der Waals surface area contributed by atoms with Gasteiger partial charge in [-0.3, -0.25) is 4.79 Å². The summed E-state index contributed by atoms with van der Waals surface area (Å²) in [6.07, 6.45) is 0. The SMILES string of the molecule is CC.Cc1cc(O)cc2[nH]c(=O)ccc12. The third-order valence-corrected chi connectivity index (χ3v) is 2.03. The van der Waals surface area contributed by atoms with Crippen LogP contribution in [0.1, 0.15) is 19.4 Å². The zero-order valence-electron chi connectivity index (χ0n) is 9.16. The number of benzene rings is 1. The van der Waals surface area contributed by atoms with Crippen molar-refractivity contribution < 1.29 is 5.11 Å². The summed E-state index contributed by atoms with van der Waals surface area (Å²) in [4.78, 5) is 13.6. The number of aromatic nitrogens is 1. The van der Waals surface area contributed by atoms with E-state index in [-0.39, 0.29) is 11.3 Å². The number of hydrogen-bond acceptors (Lipinski definition) is 2. The molecule has 0 saturated carbocycles. The summed E-state index contributed by atoms with van der Waals surface area (Å²) >= 11 is 0. The van der Waals surface area contributed by atoms with Crippen molar-refractivity contribution in [2.45, 2.75) is 20.8 Å². The first kappa shape index (κ1) is 11.3. The van der Waals surface area contributed by atoms with Crippen LogP contribution in [0.15, 0.2) is 29.1 Å². The van der Waals surface area contributed by atoms with Gasteiger partial charge in [-0.2, -0.15) is 0 Å². The molecule has 2 aromatic rings. The van der Waals surface area contributed by atoms with Crippen LogP contribution in [0.2, 0.25) is 0 Å². The molecular formula is C12H15NO2. The van der Waals surface area contributed by atoms with Crippen LogP contribution in [0.5, 0.6) is 5.75 Å². The molecule has 0 amide bonds. The summed E-state index contributed by atoms with van der Waals surface area (Å²) in [5.41, 5.74) is 1.47. The molecule has 15 heavy (non-hydrogen) atoms. The molecule has 0 bridgehead atoms. The predicted molar refractivity (Wildman–Crippen MR) is 62.3 cm³/mol. The van der Waals surface area contributed by atoms with Crippen LogP contribution in [0.25, 0.3) is 10.9 Å². The first-order chi connectivity index (χ1) is 7.16. The Bertz CT molecular complexity index is 515. The van der Waals surface area contributed by atoms with Gasteiger partial charge >= 0.3 is 0 Å². The second-order valence-corrected chi connectivity index (χ2v) is 3.05. The lowest BCUT2D eigenvalue weighted by atomic mass is 10.1. The Kier molecular flexibility index (Phi) is 3.50. The molecule has 0 aliphatic carbocycles. The first-order valence-corrected chi connectivity index (χ1v) is 4.99. The van der Waals surface area contributed by atoms with Gasteiger partial charge in [-0.05, 0) is 24.6 Å². The van der Waals surface area contributed by atoms with E-state index in [4.69, 9.17) is 0 Å². The number of aryl methyl sites for hydroxylation is 1. The fraction of sp³-hybridized carbons (Fsp3) is 0.250. The smallest absolute Gasteiger partial charge is 0.248 e. The van der Waals surface area contributed by atoms with Gasteiger partial charge in [0.1, 0.15) is 5.75 Å². The summed E-state index contributed by atoms with van der Waals surface area (Å²) in [6, 6.07) is 6.44. The van der Waals surface area contributed by atoms with E-state index in [1.54, 1.807) is 18.2 Å². The third kappa shape index (κ3) is 2.37. The summed E-state index contributed by atoms with van der Waals surface area (Å²) in [5, 5.41) is 10.2. The van der Waals surface area contributed by atoms with Gasteiger partial charge in [0.05, 0.1) is 5.52 Å². The van der Waals surface area contributed by atoms with E-state index in [1.165, 1.54) is 6.07 Å². The van der Waals surface area contributed by atoms with Crippen LogP contribution in [-0.4, -0.2) is 10.1 Å². The highest BCUT2D eigenvalue weighted by atomic mass is 16.3. The van der Waals surface area contributed by atoms with E-state index in [0.29, 0.717) is 5.52 Å². The number of pyridine rings is 1. The Hall–Kier alpha value is -1.77. The highest BCUT2D eigenvalue weighted by Gasteiger charge is 1.99. The molecule has 0 fully saturated rings. The maximum absolute atomic E-state index is 11.0. The molecule has 1 aromatic carbocycles. The normalized spacial score (nSPS) is 9.53. The van der Waals surface area contributed by atoms with Gasteiger partial charge in [-0.25, -0.2) is 0 Å². The van der Waals surface area contributed by atoms with Crippen LogP contribution in [-0.2, 0) is 0 Å².